The number of fused-ring (bicyclic) bond motifs is 2. The third-order valence-corrected chi connectivity index (χ3v) is 5.33. The number of aromatic amines is 1. The van der Waals surface area contributed by atoms with Crippen LogP contribution in [0, 0.1) is 0 Å². The van der Waals surface area contributed by atoms with Gasteiger partial charge in [0.1, 0.15) is 17.5 Å². The predicted octanol–water partition coefficient (Wildman–Crippen LogP) is 2.14. The quantitative estimate of drug-likeness (QED) is 0.428. The summed E-state index contributed by atoms with van der Waals surface area (Å²) in [5.74, 6) is 2.14. The van der Waals surface area contributed by atoms with E-state index in [4.69, 9.17) is 14.2 Å². The van der Waals surface area contributed by atoms with Gasteiger partial charge in [-0.1, -0.05) is 17.2 Å². The van der Waals surface area contributed by atoms with E-state index in [1.54, 1.807) is 38.1 Å². The van der Waals surface area contributed by atoms with Crippen LogP contribution >= 0.6 is 0 Å². The van der Waals surface area contributed by atoms with Crippen LogP contribution in [0.25, 0.3) is 11.3 Å². The van der Waals surface area contributed by atoms with Crippen molar-refractivity contribution in [2.24, 2.45) is 0 Å². The van der Waals surface area contributed by atoms with Gasteiger partial charge >= 0.3 is 0 Å². The van der Waals surface area contributed by atoms with Gasteiger partial charge in [-0.05, 0) is 46.3 Å². The van der Waals surface area contributed by atoms with Gasteiger partial charge in [0.25, 0.3) is 5.56 Å². The van der Waals surface area contributed by atoms with Crippen molar-refractivity contribution >= 4 is 11.6 Å². The second kappa shape index (κ2) is 7.69. The van der Waals surface area contributed by atoms with Crippen molar-refractivity contribution in [1.82, 2.24) is 30.4 Å². The lowest BCUT2D eigenvalue weighted by atomic mass is 9.92. The Morgan fingerprint density at radius 3 is 2.62 bits per heavy atom. The zero-order chi connectivity index (χ0) is 22.2. The molecular formula is C21H19N7O4. The number of hydrogen-bond acceptors (Lipinski definition) is 9. The largest absolute Gasteiger partial charge is 0.497 e. The second-order valence-electron chi connectivity index (χ2n) is 7.01. The molecule has 2 aromatic carbocycles. The number of hydrogen-bond donors (Lipinski definition) is 2. The maximum atomic E-state index is 12.8. The minimum Gasteiger partial charge on any atom is -0.497 e. The zero-order valence-corrected chi connectivity index (χ0v) is 17.5. The summed E-state index contributed by atoms with van der Waals surface area (Å²) in [5, 5.41) is 21.9. The van der Waals surface area contributed by atoms with Crippen LogP contribution in [0.15, 0.2) is 47.3 Å². The van der Waals surface area contributed by atoms with Crippen LogP contribution in [-0.2, 0) is 0 Å². The Kier molecular flexibility index (Phi) is 4.70. The van der Waals surface area contributed by atoms with Gasteiger partial charge in [0.15, 0.2) is 11.5 Å². The molecular weight excluding hydrogens is 414 g/mol. The number of aromatic nitrogens is 6. The van der Waals surface area contributed by atoms with E-state index >= 15 is 0 Å². The molecule has 0 amide bonds. The lowest BCUT2D eigenvalue weighted by Crippen LogP contribution is -2.29. The summed E-state index contributed by atoms with van der Waals surface area (Å²) in [5.41, 5.74) is 2.65. The molecule has 0 bridgehead atoms. The van der Waals surface area contributed by atoms with Crippen molar-refractivity contribution in [2.75, 3.05) is 26.6 Å². The molecule has 11 nitrogen and oxygen atoms in total. The summed E-state index contributed by atoms with van der Waals surface area (Å²) >= 11 is 0. The van der Waals surface area contributed by atoms with E-state index in [0.717, 1.165) is 11.1 Å². The molecule has 0 saturated heterocycles. The number of rotatable bonds is 5. The minimum atomic E-state index is -0.524. The van der Waals surface area contributed by atoms with Crippen LogP contribution in [0.5, 0.6) is 17.2 Å². The maximum Gasteiger partial charge on any atom is 0.288 e. The molecule has 32 heavy (non-hydrogen) atoms. The van der Waals surface area contributed by atoms with Crippen LogP contribution in [0.1, 0.15) is 17.2 Å². The minimum absolute atomic E-state index is 0.319. The third-order valence-electron chi connectivity index (χ3n) is 5.33. The van der Waals surface area contributed by atoms with Gasteiger partial charge in [-0.15, -0.1) is 0 Å². The molecule has 0 fully saturated rings. The van der Waals surface area contributed by atoms with Crippen LogP contribution in [0.2, 0.25) is 0 Å². The molecule has 162 valence electrons. The Hall–Kier alpha value is -4.41. The first-order valence-corrected chi connectivity index (χ1v) is 9.68. The predicted molar refractivity (Wildman–Crippen MR) is 115 cm³/mol. The van der Waals surface area contributed by atoms with E-state index in [0.29, 0.717) is 40.1 Å². The normalized spacial score (nSPS) is 14.2. The Morgan fingerprint density at radius 1 is 1.00 bits per heavy atom. The second-order valence-corrected chi connectivity index (χ2v) is 7.01. The molecule has 0 spiro atoms. The molecule has 11 heteroatoms. The molecule has 1 aliphatic heterocycles. The number of methoxy groups -OCH3 is 3. The Labute approximate surface area is 181 Å². The summed E-state index contributed by atoms with van der Waals surface area (Å²) in [7, 11) is 4.73. The molecule has 5 rings (SSSR count). The number of nitrogens with one attached hydrogen (secondary N) is 2. The fourth-order valence-electron chi connectivity index (χ4n) is 3.86. The molecule has 0 aliphatic carbocycles. The number of benzene rings is 2. The molecule has 1 atom stereocenters. The smallest absolute Gasteiger partial charge is 0.288 e. The third kappa shape index (κ3) is 3.02. The first-order chi connectivity index (χ1) is 15.6. The summed E-state index contributed by atoms with van der Waals surface area (Å²) < 4.78 is 17.8. The van der Waals surface area contributed by atoms with E-state index in [9.17, 15) is 4.79 Å². The number of anilines is 2. The zero-order valence-electron chi connectivity index (χ0n) is 17.5. The maximum absolute atomic E-state index is 12.8. The summed E-state index contributed by atoms with van der Waals surface area (Å²) in [6.45, 7) is 0. The van der Waals surface area contributed by atoms with Crippen molar-refractivity contribution in [3.8, 4) is 28.5 Å². The SMILES string of the molecule is COc1cccc([C@@H]2c3c(-c4ccc(OC)c(OC)c4)n[nH]c(=O)c3Nc3nnnn32)c1. The lowest BCUT2D eigenvalue weighted by molar-refractivity contribution is 0.355. The van der Waals surface area contributed by atoms with E-state index in [1.807, 2.05) is 30.3 Å². The highest BCUT2D eigenvalue weighted by molar-refractivity contribution is 5.76. The van der Waals surface area contributed by atoms with Crippen molar-refractivity contribution in [3.05, 3.63) is 63.9 Å². The highest BCUT2D eigenvalue weighted by atomic mass is 16.5. The average molecular weight is 433 g/mol. The van der Waals surface area contributed by atoms with Gasteiger partial charge < -0.3 is 19.5 Å². The van der Waals surface area contributed by atoms with E-state index in [2.05, 4.69) is 31.0 Å². The topological polar surface area (TPSA) is 129 Å². The van der Waals surface area contributed by atoms with Crippen molar-refractivity contribution in [1.29, 1.82) is 0 Å². The van der Waals surface area contributed by atoms with Crippen molar-refractivity contribution in [2.45, 2.75) is 6.04 Å². The fraction of sp³-hybridized carbons (Fsp3) is 0.190. The van der Waals surface area contributed by atoms with Gasteiger partial charge in [0, 0.05) is 11.1 Å². The number of ether oxygens (including phenoxy) is 3. The van der Waals surface area contributed by atoms with Crippen LogP contribution in [-0.4, -0.2) is 51.7 Å². The summed E-state index contributed by atoms with van der Waals surface area (Å²) in [6, 6.07) is 12.4. The number of nitrogens with zero attached hydrogens (tertiary/aromatic N) is 5. The molecule has 1 aliphatic rings. The Balaban J connectivity index is 1.78. The van der Waals surface area contributed by atoms with Gasteiger partial charge in [-0.25, -0.2) is 5.10 Å². The molecule has 2 aromatic heterocycles. The first kappa shape index (κ1) is 19.5. The van der Waals surface area contributed by atoms with Gasteiger partial charge in [-0.2, -0.15) is 9.78 Å². The standard InChI is InChI=1S/C21H19N7O4/c1-30-13-6-4-5-12(9-13)19-16-17(11-7-8-14(31-2)15(10-11)32-3)23-24-20(29)18(16)22-21-25-26-27-28(19)21/h4-10,19H,1-3H3,(H,24,29)(H,22,25,27)/t19-/m1/s1. The van der Waals surface area contributed by atoms with Crippen LogP contribution in [0.4, 0.5) is 11.6 Å². The van der Waals surface area contributed by atoms with Crippen LogP contribution < -0.4 is 25.1 Å². The first-order valence-electron chi connectivity index (χ1n) is 9.68. The van der Waals surface area contributed by atoms with E-state index < -0.39 is 6.04 Å². The number of H-pyrrole nitrogens is 1. The average Bonchev–Trinajstić information content (AvgIpc) is 3.31. The molecule has 3 heterocycles. The summed E-state index contributed by atoms with van der Waals surface area (Å²) in [4.78, 5) is 12.8. The lowest BCUT2D eigenvalue weighted by Gasteiger charge is -2.28. The van der Waals surface area contributed by atoms with E-state index in [1.165, 1.54) is 0 Å². The van der Waals surface area contributed by atoms with Gasteiger partial charge in [-0.3, -0.25) is 4.79 Å². The molecule has 0 unspecified atom stereocenters. The summed E-state index contributed by atoms with van der Waals surface area (Å²) in [6.07, 6.45) is 0. The Morgan fingerprint density at radius 2 is 1.84 bits per heavy atom. The molecule has 0 radical (unpaired) electrons. The highest BCUT2D eigenvalue weighted by Crippen LogP contribution is 2.42. The Bertz CT molecular complexity index is 1360. The van der Waals surface area contributed by atoms with Crippen molar-refractivity contribution < 1.29 is 14.2 Å². The molecule has 0 saturated carbocycles. The fourth-order valence-corrected chi connectivity index (χ4v) is 3.86. The number of tetrazole rings is 1. The van der Waals surface area contributed by atoms with Gasteiger partial charge in [0.05, 0.1) is 27.0 Å². The highest BCUT2D eigenvalue weighted by Gasteiger charge is 2.34. The monoisotopic (exact) mass is 433 g/mol. The van der Waals surface area contributed by atoms with Gasteiger partial charge in [0.2, 0.25) is 5.95 Å². The van der Waals surface area contributed by atoms with E-state index in [-0.39, 0.29) is 5.56 Å². The van der Waals surface area contributed by atoms with Crippen LogP contribution in [0.3, 0.4) is 0 Å². The molecule has 4 aromatic rings. The van der Waals surface area contributed by atoms with Crippen molar-refractivity contribution in [3.63, 3.8) is 0 Å². The molecule has 2 N–H and O–H groups in total.